The molecule has 3 heteroatoms. The van der Waals surface area contributed by atoms with Crippen LogP contribution in [-0.4, -0.2) is 22.3 Å². The van der Waals surface area contributed by atoms with Gasteiger partial charge in [0.2, 0.25) is 0 Å². The molecule has 0 aromatic heterocycles. The van der Waals surface area contributed by atoms with Crippen molar-refractivity contribution in [1.82, 2.24) is 0 Å². The van der Waals surface area contributed by atoms with Crippen LogP contribution in [-0.2, 0) is 4.79 Å². The third kappa shape index (κ3) is 3.07. The highest BCUT2D eigenvalue weighted by Gasteiger charge is 2.62. The van der Waals surface area contributed by atoms with Gasteiger partial charge in [-0.3, -0.25) is 4.79 Å². The summed E-state index contributed by atoms with van der Waals surface area (Å²) in [5, 5.41) is 20.3. The molecule has 2 unspecified atom stereocenters. The van der Waals surface area contributed by atoms with E-state index in [1.165, 1.54) is 51.4 Å². The molecule has 4 aliphatic rings. The number of aliphatic hydroxyl groups excluding tert-OH is 1. The molecular weight excluding hydrogens is 336 g/mol. The van der Waals surface area contributed by atoms with Gasteiger partial charge >= 0.3 is 5.97 Å². The first kappa shape index (κ1) is 19.7. The molecule has 0 saturated heterocycles. The fraction of sp³-hybridized carbons (Fsp3) is 0.958. The second kappa shape index (κ2) is 7.04. The van der Waals surface area contributed by atoms with Crippen LogP contribution >= 0.6 is 0 Å². The fourth-order valence-electron chi connectivity index (χ4n) is 8.78. The minimum Gasteiger partial charge on any atom is -0.481 e. The Morgan fingerprint density at radius 2 is 1.78 bits per heavy atom. The SMILES string of the molecule is C[C@H](CCC(=O)O)[C@H]1CC[C@H]2[C@H]3C(CC[C@]12C)[C@@]1(C)CCCCC1C[C@H]3O. The molecule has 27 heavy (non-hydrogen) atoms. The maximum absolute atomic E-state index is 11.2. The van der Waals surface area contributed by atoms with Gasteiger partial charge in [0.05, 0.1) is 6.10 Å². The number of fused-ring (bicyclic) bond motifs is 5. The molecule has 0 aromatic rings. The molecule has 0 aromatic carbocycles. The smallest absolute Gasteiger partial charge is 0.303 e. The van der Waals surface area contributed by atoms with Crippen molar-refractivity contribution in [3.63, 3.8) is 0 Å². The molecule has 4 saturated carbocycles. The van der Waals surface area contributed by atoms with Crippen molar-refractivity contribution >= 4 is 5.97 Å². The molecule has 0 heterocycles. The maximum Gasteiger partial charge on any atom is 0.303 e. The number of carboxylic acid groups (broad SMARTS) is 1. The van der Waals surface area contributed by atoms with Crippen molar-refractivity contribution in [2.24, 2.45) is 46.3 Å². The van der Waals surface area contributed by atoms with Crippen molar-refractivity contribution in [1.29, 1.82) is 0 Å². The van der Waals surface area contributed by atoms with E-state index >= 15 is 0 Å². The fourth-order valence-corrected chi connectivity index (χ4v) is 8.78. The van der Waals surface area contributed by atoms with Gasteiger partial charge in [0, 0.05) is 6.42 Å². The predicted molar refractivity (Wildman–Crippen MR) is 107 cm³/mol. The lowest BCUT2D eigenvalue weighted by atomic mass is 9.44. The highest BCUT2D eigenvalue weighted by atomic mass is 16.4. The summed E-state index contributed by atoms with van der Waals surface area (Å²) in [7, 11) is 0. The van der Waals surface area contributed by atoms with Crippen LogP contribution in [0.2, 0.25) is 0 Å². The summed E-state index contributed by atoms with van der Waals surface area (Å²) in [5.41, 5.74) is 0.758. The van der Waals surface area contributed by atoms with E-state index in [2.05, 4.69) is 20.8 Å². The standard InChI is InChI=1S/C24H40O3/c1-15(7-10-21(26)27)17-8-9-18-22-19(11-13-24(17,18)3)23(2)12-5-4-6-16(23)14-20(22)25/h15-20,22,25H,4-14H2,1-3H3,(H,26,27)/t15-,16?,17-,18+,19?,20-,22+,23+,24-/m1/s1. The summed E-state index contributed by atoms with van der Waals surface area (Å²) < 4.78 is 0. The van der Waals surface area contributed by atoms with E-state index in [9.17, 15) is 9.90 Å². The summed E-state index contributed by atoms with van der Waals surface area (Å²) in [6.07, 6.45) is 12.5. The minimum absolute atomic E-state index is 0.108. The van der Waals surface area contributed by atoms with Crippen LogP contribution in [0.15, 0.2) is 0 Å². The molecule has 0 bridgehead atoms. The molecule has 4 rings (SSSR count). The van der Waals surface area contributed by atoms with Crippen LogP contribution in [0.5, 0.6) is 0 Å². The van der Waals surface area contributed by atoms with E-state index in [0.29, 0.717) is 46.8 Å². The van der Waals surface area contributed by atoms with Gasteiger partial charge in [-0.05, 0) is 97.7 Å². The Kier molecular flexibility index (Phi) is 5.15. The van der Waals surface area contributed by atoms with E-state index in [4.69, 9.17) is 5.11 Å². The van der Waals surface area contributed by atoms with Gasteiger partial charge in [-0.2, -0.15) is 0 Å². The van der Waals surface area contributed by atoms with Crippen LogP contribution in [0.25, 0.3) is 0 Å². The third-order valence-electron chi connectivity index (χ3n) is 10.2. The van der Waals surface area contributed by atoms with Gasteiger partial charge < -0.3 is 10.2 Å². The van der Waals surface area contributed by atoms with Crippen LogP contribution in [0, 0.1) is 46.3 Å². The molecular formula is C24H40O3. The number of aliphatic hydroxyl groups is 1. The van der Waals surface area contributed by atoms with Gasteiger partial charge in [-0.15, -0.1) is 0 Å². The zero-order valence-electron chi connectivity index (χ0n) is 17.6. The Bertz CT molecular complexity index is 574. The Balaban J connectivity index is 1.56. The number of hydrogen-bond donors (Lipinski definition) is 2. The van der Waals surface area contributed by atoms with Crippen molar-refractivity contribution in [3.05, 3.63) is 0 Å². The molecule has 0 spiro atoms. The largest absolute Gasteiger partial charge is 0.481 e. The summed E-state index contributed by atoms with van der Waals surface area (Å²) in [6, 6.07) is 0. The Morgan fingerprint density at radius 3 is 2.52 bits per heavy atom. The lowest BCUT2D eigenvalue weighted by Crippen LogP contribution is -2.57. The lowest BCUT2D eigenvalue weighted by Gasteiger charge is -2.62. The average molecular weight is 377 g/mol. The lowest BCUT2D eigenvalue weighted by molar-refractivity contribution is -0.164. The van der Waals surface area contributed by atoms with E-state index in [-0.39, 0.29) is 6.10 Å². The highest BCUT2D eigenvalue weighted by Crippen LogP contribution is 2.68. The topological polar surface area (TPSA) is 57.5 Å². The molecule has 0 aliphatic heterocycles. The number of aliphatic carboxylic acids is 1. The number of carboxylic acids is 1. The van der Waals surface area contributed by atoms with Crippen molar-refractivity contribution in [2.45, 2.75) is 97.5 Å². The number of hydrogen-bond acceptors (Lipinski definition) is 2. The first-order valence-electron chi connectivity index (χ1n) is 11.7. The Labute approximate surface area is 165 Å². The Hall–Kier alpha value is -0.570. The van der Waals surface area contributed by atoms with E-state index < -0.39 is 5.97 Å². The van der Waals surface area contributed by atoms with E-state index in [1.54, 1.807) is 0 Å². The number of rotatable bonds is 4. The zero-order chi connectivity index (χ0) is 19.4. The summed E-state index contributed by atoms with van der Waals surface area (Å²) in [4.78, 5) is 11.0. The zero-order valence-corrected chi connectivity index (χ0v) is 17.6. The second-order valence-electron chi connectivity index (χ2n) is 11.2. The first-order valence-corrected chi connectivity index (χ1v) is 11.7. The highest BCUT2D eigenvalue weighted by molar-refractivity contribution is 5.66. The first-order chi connectivity index (χ1) is 12.8. The monoisotopic (exact) mass is 376 g/mol. The molecule has 9 atom stereocenters. The molecule has 4 aliphatic carbocycles. The Morgan fingerprint density at radius 1 is 1.04 bits per heavy atom. The third-order valence-corrected chi connectivity index (χ3v) is 10.2. The normalized spacial score (nSPS) is 50.4. The summed E-state index contributed by atoms with van der Waals surface area (Å²) in [6.45, 7) is 7.33. The summed E-state index contributed by atoms with van der Waals surface area (Å²) in [5.74, 6) is 3.02. The van der Waals surface area contributed by atoms with E-state index in [0.717, 1.165) is 18.8 Å². The van der Waals surface area contributed by atoms with Gasteiger partial charge in [-0.1, -0.05) is 33.6 Å². The molecule has 2 N–H and O–H groups in total. The maximum atomic E-state index is 11.2. The van der Waals surface area contributed by atoms with Crippen LogP contribution < -0.4 is 0 Å². The van der Waals surface area contributed by atoms with E-state index in [1.807, 2.05) is 0 Å². The van der Waals surface area contributed by atoms with Crippen molar-refractivity contribution < 1.29 is 15.0 Å². The predicted octanol–water partition coefficient (Wildman–Crippen LogP) is 5.51. The molecule has 4 fully saturated rings. The molecule has 3 nitrogen and oxygen atoms in total. The summed E-state index contributed by atoms with van der Waals surface area (Å²) >= 11 is 0. The number of carbonyl (C=O) groups is 1. The van der Waals surface area contributed by atoms with Crippen molar-refractivity contribution in [2.75, 3.05) is 0 Å². The van der Waals surface area contributed by atoms with Crippen LogP contribution in [0.4, 0.5) is 0 Å². The quantitative estimate of drug-likeness (QED) is 0.680. The minimum atomic E-state index is -0.663. The molecule has 0 radical (unpaired) electrons. The average Bonchev–Trinajstić information content (AvgIpc) is 2.97. The second-order valence-corrected chi connectivity index (χ2v) is 11.2. The van der Waals surface area contributed by atoms with Crippen molar-refractivity contribution in [3.8, 4) is 0 Å². The van der Waals surface area contributed by atoms with Crippen LogP contribution in [0.3, 0.4) is 0 Å². The van der Waals surface area contributed by atoms with Gasteiger partial charge in [0.1, 0.15) is 0 Å². The molecule has 0 amide bonds. The van der Waals surface area contributed by atoms with Gasteiger partial charge in [0.25, 0.3) is 0 Å². The van der Waals surface area contributed by atoms with Crippen LogP contribution in [0.1, 0.15) is 91.4 Å². The van der Waals surface area contributed by atoms with Gasteiger partial charge in [-0.25, -0.2) is 0 Å². The molecule has 154 valence electrons. The van der Waals surface area contributed by atoms with Gasteiger partial charge in [0.15, 0.2) is 0 Å².